The second kappa shape index (κ2) is 4.21. The Morgan fingerprint density at radius 3 is 2.47 bits per heavy atom. The summed E-state index contributed by atoms with van der Waals surface area (Å²) in [6.07, 6.45) is -0.344. The van der Waals surface area contributed by atoms with Crippen LogP contribution in [0.1, 0.15) is 18.6 Å². The van der Waals surface area contributed by atoms with Crippen molar-refractivity contribution in [2.45, 2.75) is 19.1 Å². The molecule has 0 spiro atoms. The third-order valence-electron chi connectivity index (χ3n) is 2.98. The van der Waals surface area contributed by atoms with E-state index in [2.05, 4.69) is 0 Å². The van der Waals surface area contributed by atoms with E-state index in [1.165, 1.54) is 0 Å². The van der Waals surface area contributed by atoms with Crippen molar-refractivity contribution in [2.75, 3.05) is 13.7 Å². The van der Waals surface area contributed by atoms with Crippen molar-refractivity contribution in [3.63, 3.8) is 0 Å². The van der Waals surface area contributed by atoms with E-state index in [0.29, 0.717) is 6.61 Å². The molecule has 0 aliphatic carbocycles. The number of aliphatic hydroxyl groups excluding tert-OH is 1. The Morgan fingerprint density at radius 2 is 2.00 bits per heavy atom. The normalized spacial score (nSPS) is 30.5. The van der Waals surface area contributed by atoms with Crippen LogP contribution in [-0.2, 0) is 4.74 Å². The van der Waals surface area contributed by atoms with Crippen LogP contribution in [0.25, 0.3) is 0 Å². The smallest absolute Gasteiger partial charge is 0.118 e. The Labute approximate surface area is 89.6 Å². The van der Waals surface area contributed by atoms with Gasteiger partial charge in [0.05, 0.1) is 25.9 Å². The van der Waals surface area contributed by atoms with Crippen molar-refractivity contribution in [1.82, 2.24) is 0 Å². The van der Waals surface area contributed by atoms with Crippen LogP contribution in [0.15, 0.2) is 24.3 Å². The summed E-state index contributed by atoms with van der Waals surface area (Å²) in [4.78, 5) is 0. The van der Waals surface area contributed by atoms with Gasteiger partial charge in [0.15, 0.2) is 0 Å². The van der Waals surface area contributed by atoms with Gasteiger partial charge in [0, 0.05) is 5.92 Å². The molecule has 3 nitrogen and oxygen atoms in total. The molecule has 0 amide bonds. The number of hydrogen-bond donors (Lipinski definition) is 1. The van der Waals surface area contributed by atoms with E-state index in [9.17, 15) is 5.11 Å². The monoisotopic (exact) mass is 208 g/mol. The summed E-state index contributed by atoms with van der Waals surface area (Å²) in [5.74, 6) is 0.989. The van der Waals surface area contributed by atoms with Crippen molar-refractivity contribution in [3.8, 4) is 5.75 Å². The summed E-state index contributed by atoms with van der Waals surface area (Å²) in [7, 11) is 1.65. The average Bonchev–Trinajstić information content (AvgIpc) is 2.60. The lowest BCUT2D eigenvalue weighted by molar-refractivity contribution is 0.0866. The van der Waals surface area contributed by atoms with E-state index in [-0.39, 0.29) is 18.1 Å². The molecule has 1 aromatic rings. The topological polar surface area (TPSA) is 38.7 Å². The maximum atomic E-state index is 9.58. The molecule has 1 aromatic carbocycles. The Morgan fingerprint density at radius 1 is 1.33 bits per heavy atom. The number of ether oxygens (including phenoxy) is 2. The minimum absolute atomic E-state index is 0.00547. The number of hydrogen-bond acceptors (Lipinski definition) is 3. The van der Waals surface area contributed by atoms with Gasteiger partial charge in [-0.2, -0.15) is 0 Å². The first-order valence-electron chi connectivity index (χ1n) is 5.16. The average molecular weight is 208 g/mol. The zero-order valence-corrected chi connectivity index (χ0v) is 9.01. The van der Waals surface area contributed by atoms with Gasteiger partial charge in [0.1, 0.15) is 5.75 Å². The first-order chi connectivity index (χ1) is 7.22. The molecule has 2 rings (SSSR count). The standard InChI is InChI=1S/C12H16O3/c1-8-11(13)7-15-12(8)9-3-5-10(14-2)6-4-9/h3-6,8,11-13H,7H2,1-2H3/t8-,11+,12-/m0/s1. The van der Waals surface area contributed by atoms with Crippen molar-refractivity contribution >= 4 is 0 Å². The fourth-order valence-corrected chi connectivity index (χ4v) is 1.90. The van der Waals surface area contributed by atoms with Crippen LogP contribution in [0.5, 0.6) is 5.75 Å². The predicted molar refractivity (Wildman–Crippen MR) is 56.9 cm³/mol. The van der Waals surface area contributed by atoms with Crippen molar-refractivity contribution in [2.24, 2.45) is 5.92 Å². The molecular formula is C12H16O3. The molecule has 1 aliphatic heterocycles. The predicted octanol–water partition coefficient (Wildman–Crippen LogP) is 1.76. The number of benzene rings is 1. The maximum Gasteiger partial charge on any atom is 0.118 e. The van der Waals surface area contributed by atoms with Gasteiger partial charge < -0.3 is 14.6 Å². The van der Waals surface area contributed by atoms with Gasteiger partial charge >= 0.3 is 0 Å². The van der Waals surface area contributed by atoms with E-state index in [1.807, 2.05) is 31.2 Å². The van der Waals surface area contributed by atoms with E-state index >= 15 is 0 Å². The molecule has 1 N–H and O–H groups in total. The number of methoxy groups -OCH3 is 1. The Kier molecular flexibility index (Phi) is 2.93. The van der Waals surface area contributed by atoms with E-state index in [4.69, 9.17) is 9.47 Å². The molecule has 0 radical (unpaired) electrons. The van der Waals surface area contributed by atoms with Gasteiger partial charge in [-0.25, -0.2) is 0 Å². The molecule has 1 fully saturated rings. The SMILES string of the molecule is COc1ccc([C@H]2OC[C@@H](O)[C@@H]2C)cc1. The summed E-state index contributed by atoms with van der Waals surface area (Å²) in [5.41, 5.74) is 1.10. The van der Waals surface area contributed by atoms with Gasteiger partial charge in [-0.15, -0.1) is 0 Å². The summed E-state index contributed by atoms with van der Waals surface area (Å²) in [6.45, 7) is 2.43. The molecule has 15 heavy (non-hydrogen) atoms. The molecule has 1 aliphatic rings. The molecular weight excluding hydrogens is 192 g/mol. The van der Waals surface area contributed by atoms with Gasteiger partial charge in [0.2, 0.25) is 0 Å². The quantitative estimate of drug-likeness (QED) is 0.805. The first-order valence-corrected chi connectivity index (χ1v) is 5.16. The molecule has 3 heteroatoms. The minimum Gasteiger partial charge on any atom is -0.497 e. The first kappa shape index (κ1) is 10.5. The highest BCUT2D eigenvalue weighted by molar-refractivity contribution is 5.29. The molecule has 82 valence electrons. The molecule has 0 bridgehead atoms. The van der Waals surface area contributed by atoms with Crippen LogP contribution >= 0.6 is 0 Å². The lowest BCUT2D eigenvalue weighted by Crippen LogP contribution is -2.15. The lowest BCUT2D eigenvalue weighted by Gasteiger charge is -2.16. The Hall–Kier alpha value is -1.06. The van der Waals surface area contributed by atoms with Crippen LogP contribution in [0.4, 0.5) is 0 Å². The van der Waals surface area contributed by atoms with Crippen LogP contribution in [0.2, 0.25) is 0 Å². The third kappa shape index (κ3) is 1.98. The fourth-order valence-electron chi connectivity index (χ4n) is 1.90. The molecule has 3 atom stereocenters. The summed E-state index contributed by atoms with van der Waals surface area (Å²) >= 11 is 0. The second-order valence-electron chi connectivity index (χ2n) is 3.95. The van der Waals surface area contributed by atoms with Crippen molar-refractivity contribution < 1.29 is 14.6 Å². The van der Waals surface area contributed by atoms with Crippen LogP contribution in [0, 0.1) is 5.92 Å². The van der Waals surface area contributed by atoms with Gasteiger partial charge in [-0.05, 0) is 17.7 Å². The van der Waals surface area contributed by atoms with Gasteiger partial charge in [0.25, 0.3) is 0 Å². The molecule has 0 saturated carbocycles. The molecule has 1 heterocycles. The molecule has 0 aromatic heterocycles. The van der Waals surface area contributed by atoms with Crippen LogP contribution in [-0.4, -0.2) is 24.9 Å². The highest BCUT2D eigenvalue weighted by Crippen LogP contribution is 2.34. The van der Waals surface area contributed by atoms with Gasteiger partial charge in [-0.3, -0.25) is 0 Å². The van der Waals surface area contributed by atoms with Crippen molar-refractivity contribution in [3.05, 3.63) is 29.8 Å². The number of aliphatic hydroxyl groups is 1. The molecule has 0 unspecified atom stereocenters. The number of rotatable bonds is 2. The summed E-state index contributed by atoms with van der Waals surface area (Å²) < 4.78 is 10.6. The van der Waals surface area contributed by atoms with Crippen LogP contribution in [0.3, 0.4) is 0 Å². The minimum atomic E-state index is -0.350. The second-order valence-corrected chi connectivity index (χ2v) is 3.95. The fraction of sp³-hybridized carbons (Fsp3) is 0.500. The van der Waals surface area contributed by atoms with Crippen molar-refractivity contribution in [1.29, 1.82) is 0 Å². The largest absolute Gasteiger partial charge is 0.497 e. The highest BCUT2D eigenvalue weighted by atomic mass is 16.5. The van der Waals surface area contributed by atoms with E-state index < -0.39 is 0 Å². The van der Waals surface area contributed by atoms with Gasteiger partial charge in [-0.1, -0.05) is 19.1 Å². The van der Waals surface area contributed by atoms with Crippen LogP contribution < -0.4 is 4.74 Å². The Balaban J connectivity index is 2.16. The highest BCUT2D eigenvalue weighted by Gasteiger charge is 2.33. The zero-order valence-electron chi connectivity index (χ0n) is 9.01. The zero-order chi connectivity index (χ0) is 10.8. The van der Waals surface area contributed by atoms with E-state index in [1.54, 1.807) is 7.11 Å². The third-order valence-corrected chi connectivity index (χ3v) is 2.98. The van der Waals surface area contributed by atoms with E-state index in [0.717, 1.165) is 11.3 Å². The summed E-state index contributed by atoms with van der Waals surface area (Å²) in [6, 6.07) is 7.79. The maximum absolute atomic E-state index is 9.58. The molecule has 1 saturated heterocycles. The Bertz CT molecular complexity index is 320. The summed E-state index contributed by atoms with van der Waals surface area (Å²) in [5, 5.41) is 9.58. The lowest BCUT2D eigenvalue weighted by atomic mass is 9.95.